The van der Waals surface area contributed by atoms with Crippen LogP contribution in [-0.4, -0.2) is 13.2 Å². The molecule has 4 nitrogen and oxygen atoms in total. The third-order valence-corrected chi connectivity index (χ3v) is 3.32. The number of methoxy groups -OCH3 is 1. The van der Waals surface area contributed by atoms with E-state index in [-0.39, 0.29) is 6.04 Å². The average molecular weight is 299 g/mol. The zero-order valence-electron chi connectivity index (χ0n) is 12.9. The Morgan fingerprint density at radius 2 is 1.68 bits per heavy atom. The molecule has 2 aromatic carbocycles. The molecule has 4 heteroatoms. The second-order valence-electron chi connectivity index (χ2n) is 4.96. The molecule has 0 aliphatic heterocycles. The topological polar surface area (TPSA) is 47.6 Å². The molecule has 22 heavy (non-hydrogen) atoms. The summed E-state index contributed by atoms with van der Waals surface area (Å²) in [6.45, 7) is 2.08. The number of ether oxygens (including phenoxy) is 2. The molecule has 0 spiro atoms. The maximum absolute atomic E-state index is 11.4. The lowest BCUT2D eigenvalue weighted by Crippen LogP contribution is -2.28. The highest BCUT2D eigenvalue weighted by atomic mass is 16.5. The molecule has 1 N–H and O–H groups in total. The number of alkyl carbamates (subject to hydrolysis) is 1. The first-order valence-corrected chi connectivity index (χ1v) is 7.40. The van der Waals surface area contributed by atoms with Gasteiger partial charge in [0, 0.05) is 0 Å². The molecule has 2 aromatic rings. The van der Waals surface area contributed by atoms with Crippen LogP contribution in [0.3, 0.4) is 0 Å². The van der Waals surface area contributed by atoms with Crippen molar-refractivity contribution in [2.45, 2.75) is 25.8 Å². The number of hydrogen-bond donors (Lipinski definition) is 1. The molecule has 0 aromatic heterocycles. The van der Waals surface area contributed by atoms with Crippen molar-refractivity contribution in [3.63, 3.8) is 0 Å². The first kappa shape index (κ1) is 15.9. The van der Waals surface area contributed by atoms with Crippen molar-refractivity contribution in [1.82, 2.24) is 5.32 Å². The van der Waals surface area contributed by atoms with Crippen LogP contribution in [0.5, 0.6) is 11.5 Å². The molecule has 1 amide bonds. The lowest BCUT2D eigenvalue weighted by Gasteiger charge is -2.18. The molecule has 0 saturated heterocycles. The Hall–Kier alpha value is -2.49. The molecule has 0 saturated carbocycles. The van der Waals surface area contributed by atoms with E-state index in [0.29, 0.717) is 0 Å². The van der Waals surface area contributed by atoms with Crippen LogP contribution in [0.2, 0.25) is 0 Å². The van der Waals surface area contributed by atoms with Crippen LogP contribution < -0.4 is 10.1 Å². The smallest absolute Gasteiger partial charge is 0.407 e. The van der Waals surface area contributed by atoms with Gasteiger partial charge in [-0.05, 0) is 36.2 Å². The Bertz CT molecular complexity index is 581. The zero-order valence-corrected chi connectivity index (χ0v) is 12.9. The van der Waals surface area contributed by atoms with Gasteiger partial charge in [0.25, 0.3) is 0 Å². The van der Waals surface area contributed by atoms with Crippen molar-refractivity contribution < 1.29 is 14.3 Å². The molecule has 0 heterocycles. The summed E-state index contributed by atoms with van der Waals surface area (Å²) < 4.78 is 10.4. The summed E-state index contributed by atoms with van der Waals surface area (Å²) in [6, 6.07) is 17.3. The number of rotatable bonds is 6. The van der Waals surface area contributed by atoms with Crippen molar-refractivity contribution in [3.05, 3.63) is 60.2 Å². The Morgan fingerprint density at radius 1 is 1.05 bits per heavy atom. The normalized spacial score (nSPS) is 11.5. The molecule has 0 fully saturated rings. The minimum atomic E-state index is -0.414. The van der Waals surface area contributed by atoms with Crippen LogP contribution in [0.1, 0.15) is 31.4 Å². The summed E-state index contributed by atoms with van der Waals surface area (Å²) in [5.41, 5.74) is 1.03. The number of carbonyl (C=O) groups excluding carboxylic acids is 1. The van der Waals surface area contributed by atoms with E-state index in [1.54, 1.807) is 0 Å². The predicted octanol–water partition coefficient (Wildman–Crippen LogP) is 4.68. The van der Waals surface area contributed by atoms with Gasteiger partial charge in [0.1, 0.15) is 11.5 Å². The maximum Gasteiger partial charge on any atom is 0.407 e. The first-order chi connectivity index (χ1) is 10.7. The van der Waals surface area contributed by atoms with Crippen LogP contribution in [-0.2, 0) is 4.74 Å². The van der Waals surface area contributed by atoms with Crippen LogP contribution in [0, 0.1) is 0 Å². The van der Waals surface area contributed by atoms with Gasteiger partial charge in [-0.1, -0.05) is 43.7 Å². The number of para-hydroxylation sites is 1. The van der Waals surface area contributed by atoms with Gasteiger partial charge in [0.15, 0.2) is 0 Å². The first-order valence-electron chi connectivity index (χ1n) is 7.40. The van der Waals surface area contributed by atoms with E-state index in [1.165, 1.54) is 7.11 Å². The van der Waals surface area contributed by atoms with Gasteiger partial charge >= 0.3 is 6.09 Å². The third-order valence-electron chi connectivity index (χ3n) is 3.32. The molecule has 0 bridgehead atoms. The highest BCUT2D eigenvalue weighted by Crippen LogP contribution is 2.25. The molecule has 0 aliphatic rings. The van der Waals surface area contributed by atoms with Crippen molar-refractivity contribution >= 4 is 6.09 Å². The van der Waals surface area contributed by atoms with E-state index in [4.69, 9.17) is 4.74 Å². The van der Waals surface area contributed by atoms with E-state index in [9.17, 15) is 4.79 Å². The van der Waals surface area contributed by atoms with Crippen LogP contribution in [0.4, 0.5) is 4.79 Å². The van der Waals surface area contributed by atoms with Gasteiger partial charge in [-0.2, -0.15) is 0 Å². The largest absolute Gasteiger partial charge is 0.457 e. The van der Waals surface area contributed by atoms with Gasteiger partial charge < -0.3 is 14.8 Å². The molecular formula is C18H21NO3. The second-order valence-corrected chi connectivity index (χ2v) is 4.96. The molecule has 1 atom stereocenters. The van der Waals surface area contributed by atoms with Crippen molar-refractivity contribution in [3.8, 4) is 11.5 Å². The molecule has 1 unspecified atom stereocenters. The standard InChI is InChI=1S/C18H21NO3/c1-3-7-17(19-18(20)21-2)14-10-12-16(13-11-14)22-15-8-5-4-6-9-15/h4-6,8-13,17H,3,7H2,1-2H3,(H,19,20). The van der Waals surface area contributed by atoms with Crippen molar-refractivity contribution in [2.24, 2.45) is 0 Å². The third kappa shape index (κ3) is 4.52. The SMILES string of the molecule is CCCC(NC(=O)OC)c1ccc(Oc2ccccc2)cc1. The van der Waals surface area contributed by atoms with E-state index in [0.717, 1.165) is 29.9 Å². The monoisotopic (exact) mass is 299 g/mol. The summed E-state index contributed by atoms with van der Waals surface area (Å²) in [4.78, 5) is 11.4. The van der Waals surface area contributed by atoms with Gasteiger partial charge in [0.2, 0.25) is 0 Å². The number of nitrogens with one attached hydrogen (secondary N) is 1. The van der Waals surface area contributed by atoms with Crippen LogP contribution >= 0.6 is 0 Å². The van der Waals surface area contributed by atoms with Gasteiger partial charge in [-0.3, -0.25) is 0 Å². The van der Waals surface area contributed by atoms with E-state index in [1.807, 2.05) is 54.6 Å². The van der Waals surface area contributed by atoms with Crippen LogP contribution in [0.25, 0.3) is 0 Å². The molecular weight excluding hydrogens is 278 g/mol. The molecule has 116 valence electrons. The minimum absolute atomic E-state index is 0.0526. The van der Waals surface area contributed by atoms with Gasteiger partial charge in [-0.15, -0.1) is 0 Å². The zero-order chi connectivity index (χ0) is 15.8. The molecule has 0 aliphatic carbocycles. The lowest BCUT2D eigenvalue weighted by molar-refractivity contribution is 0.166. The van der Waals surface area contributed by atoms with Crippen molar-refractivity contribution in [1.29, 1.82) is 0 Å². The predicted molar refractivity (Wildman–Crippen MR) is 86.1 cm³/mol. The summed E-state index contributed by atoms with van der Waals surface area (Å²) in [6.07, 6.45) is 1.41. The fraction of sp³-hybridized carbons (Fsp3) is 0.278. The van der Waals surface area contributed by atoms with Gasteiger partial charge in [-0.25, -0.2) is 4.79 Å². The Balaban J connectivity index is 2.07. The Kier molecular flexibility index (Phi) is 5.83. The Morgan fingerprint density at radius 3 is 2.27 bits per heavy atom. The second kappa shape index (κ2) is 8.08. The van der Waals surface area contributed by atoms with Gasteiger partial charge in [0.05, 0.1) is 13.2 Å². The van der Waals surface area contributed by atoms with E-state index < -0.39 is 6.09 Å². The number of hydrogen-bond acceptors (Lipinski definition) is 3. The number of carbonyl (C=O) groups is 1. The summed E-state index contributed by atoms with van der Waals surface area (Å²) >= 11 is 0. The summed E-state index contributed by atoms with van der Waals surface area (Å²) in [7, 11) is 1.37. The fourth-order valence-corrected chi connectivity index (χ4v) is 2.20. The summed E-state index contributed by atoms with van der Waals surface area (Å²) in [5, 5.41) is 2.85. The highest BCUT2D eigenvalue weighted by molar-refractivity contribution is 5.67. The van der Waals surface area contributed by atoms with E-state index in [2.05, 4.69) is 17.0 Å². The molecule has 0 radical (unpaired) electrons. The average Bonchev–Trinajstić information content (AvgIpc) is 2.56. The number of amides is 1. The minimum Gasteiger partial charge on any atom is -0.457 e. The lowest BCUT2D eigenvalue weighted by atomic mass is 10.0. The fourth-order valence-electron chi connectivity index (χ4n) is 2.20. The molecule has 2 rings (SSSR count). The van der Waals surface area contributed by atoms with Crippen LogP contribution in [0.15, 0.2) is 54.6 Å². The summed E-state index contributed by atoms with van der Waals surface area (Å²) in [5.74, 6) is 1.57. The maximum atomic E-state index is 11.4. The Labute approximate surface area is 131 Å². The quantitative estimate of drug-likeness (QED) is 0.842. The van der Waals surface area contributed by atoms with Crippen molar-refractivity contribution in [2.75, 3.05) is 7.11 Å². The number of benzene rings is 2. The van der Waals surface area contributed by atoms with E-state index >= 15 is 0 Å². The highest BCUT2D eigenvalue weighted by Gasteiger charge is 2.14.